The number of rotatable bonds is 7. The van der Waals surface area contributed by atoms with Crippen LogP contribution in [0.2, 0.25) is 0 Å². The van der Waals surface area contributed by atoms with Crippen molar-refractivity contribution in [1.82, 2.24) is 24.9 Å². The molecule has 0 aromatic carbocycles. The molecule has 9 heteroatoms. The second kappa shape index (κ2) is 8.42. The van der Waals surface area contributed by atoms with E-state index in [0.717, 1.165) is 41.5 Å². The number of aliphatic hydroxyl groups excluding tert-OH is 1. The number of hydrogen-bond donors (Lipinski definition) is 4. The van der Waals surface area contributed by atoms with Crippen molar-refractivity contribution >= 4 is 28.6 Å². The fourth-order valence-corrected chi connectivity index (χ4v) is 4.04. The molecule has 1 aliphatic rings. The van der Waals surface area contributed by atoms with Crippen molar-refractivity contribution in [1.29, 1.82) is 0 Å². The maximum atomic E-state index is 10.2. The van der Waals surface area contributed by atoms with Crippen LogP contribution in [0.4, 0.5) is 11.6 Å². The van der Waals surface area contributed by atoms with Gasteiger partial charge >= 0.3 is 0 Å². The number of nitrogens with one attached hydrogen (secondary N) is 3. The molecule has 4 N–H and O–H groups in total. The minimum Gasteiger partial charge on any atom is -0.391 e. The zero-order valence-electron chi connectivity index (χ0n) is 16.2. The van der Waals surface area contributed by atoms with Crippen LogP contribution >= 0.6 is 11.3 Å². The van der Waals surface area contributed by atoms with Crippen LogP contribution < -0.4 is 16.0 Å². The second-order valence-electron chi connectivity index (χ2n) is 7.55. The Hall–Kier alpha value is -2.23. The fraction of sp³-hybridized carbons (Fsp3) is 0.526. The molecule has 2 atom stereocenters. The van der Waals surface area contributed by atoms with Crippen LogP contribution in [0.1, 0.15) is 37.4 Å². The molecule has 0 bridgehead atoms. The third-order valence-corrected chi connectivity index (χ3v) is 5.83. The first-order chi connectivity index (χ1) is 13.6. The van der Waals surface area contributed by atoms with E-state index in [4.69, 9.17) is 4.98 Å². The molecule has 0 radical (unpaired) electrons. The van der Waals surface area contributed by atoms with Crippen molar-refractivity contribution in [2.45, 2.75) is 38.8 Å². The molecule has 0 amide bonds. The Morgan fingerprint density at radius 2 is 2.29 bits per heavy atom. The summed E-state index contributed by atoms with van der Waals surface area (Å²) in [6.07, 6.45) is 2.52. The summed E-state index contributed by atoms with van der Waals surface area (Å²) in [6, 6.07) is 1.98. The number of fused-ring (bicyclic) bond motifs is 1. The summed E-state index contributed by atoms with van der Waals surface area (Å²) in [5, 5.41) is 26.9. The van der Waals surface area contributed by atoms with Gasteiger partial charge in [0.15, 0.2) is 5.65 Å². The Balaban J connectivity index is 1.58. The van der Waals surface area contributed by atoms with E-state index in [-0.39, 0.29) is 12.0 Å². The minimum atomic E-state index is -0.326. The van der Waals surface area contributed by atoms with Crippen LogP contribution in [0.3, 0.4) is 0 Å². The van der Waals surface area contributed by atoms with Gasteiger partial charge in [-0.25, -0.2) is 9.97 Å². The minimum absolute atomic E-state index is 0.222. The third kappa shape index (κ3) is 4.11. The van der Waals surface area contributed by atoms with Gasteiger partial charge in [0, 0.05) is 36.0 Å². The van der Waals surface area contributed by atoms with E-state index in [0.29, 0.717) is 25.6 Å². The van der Waals surface area contributed by atoms with Crippen LogP contribution in [0, 0.1) is 5.92 Å². The Morgan fingerprint density at radius 1 is 1.39 bits per heavy atom. The number of piperidine rings is 1. The summed E-state index contributed by atoms with van der Waals surface area (Å²) < 4.78 is 1.85. The van der Waals surface area contributed by atoms with Crippen LogP contribution in [-0.4, -0.2) is 50.4 Å². The zero-order valence-corrected chi connectivity index (χ0v) is 17.0. The normalized spacial score (nSPS) is 20.0. The van der Waals surface area contributed by atoms with Gasteiger partial charge in [0.2, 0.25) is 0 Å². The van der Waals surface area contributed by atoms with E-state index >= 15 is 0 Å². The van der Waals surface area contributed by atoms with Gasteiger partial charge in [0.05, 0.1) is 30.1 Å². The highest BCUT2D eigenvalue weighted by Crippen LogP contribution is 2.25. The predicted molar refractivity (Wildman–Crippen MR) is 112 cm³/mol. The van der Waals surface area contributed by atoms with Gasteiger partial charge < -0.3 is 21.1 Å². The Bertz CT molecular complexity index is 909. The van der Waals surface area contributed by atoms with Gasteiger partial charge in [0.1, 0.15) is 11.6 Å². The number of aliphatic hydroxyl groups is 1. The molecule has 0 saturated carbocycles. The molecule has 1 aliphatic heterocycles. The Labute approximate surface area is 168 Å². The average Bonchev–Trinajstić information content (AvgIpc) is 3.35. The van der Waals surface area contributed by atoms with Gasteiger partial charge in [-0.15, -0.1) is 11.3 Å². The number of thiazole rings is 1. The van der Waals surface area contributed by atoms with Gasteiger partial charge in [-0.05, 0) is 18.9 Å². The maximum Gasteiger partial charge on any atom is 0.163 e. The van der Waals surface area contributed by atoms with E-state index in [1.807, 2.05) is 27.7 Å². The number of nitrogens with zero attached hydrogens (tertiary/aromatic N) is 4. The number of aromatic nitrogens is 4. The Morgan fingerprint density at radius 3 is 3.04 bits per heavy atom. The maximum absolute atomic E-state index is 10.2. The summed E-state index contributed by atoms with van der Waals surface area (Å²) in [5.41, 5.74) is 4.80. The standard InChI is InChI=1S/C19H27N7OS/c1-12(2)15-8-24-26-18(22-7-14-10-28-11-23-14)5-17(25-19(15)26)21-6-13-3-4-20-9-16(13)27/h5,8,10-13,16,20,22,27H,3-4,6-7,9H2,1-2H3,(H,21,25)/t13-,16-/m0/s1. The highest BCUT2D eigenvalue weighted by Gasteiger charge is 2.23. The van der Waals surface area contributed by atoms with E-state index in [1.54, 1.807) is 11.3 Å². The first-order valence-electron chi connectivity index (χ1n) is 9.74. The van der Waals surface area contributed by atoms with E-state index in [9.17, 15) is 5.11 Å². The van der Waals surface area contributed by atoms with Crippen LogP contribution in [0.25, 0.3) is 5.65 Å². The topological polar surface area (TPSA) is 99.4 Å². The predicted octanol–water partition coefficient (Wildman–Crippen LogP) is 2.30. The second-order valence-corrected chi connectivity index (χ2v) is 8.27. The first-order valence-corrected chi connectivity index (χ1v) is 10.7. The van der Waals surface area contributed by atoms with Gasteiger partial charge in [-0.2, -0.15) is 9.61 Å². The highest BCUT2D eigenvalue weighted by atomic mass is 32.1. The van der Waals surface area contributed by atoms with Crippen LogP contribution in [0.5, 0.6) is 0 Å². The van der Waals surface area contributed by atoms with E-state index in [1.165, 1.54) is 0 Å². The summed E-state index contributed by atoms with van der Waals surface area (Å²) in [4.78, 5) is 9.14. The van der Waals surface area contributed by atoms with Crippen molar-refractivity contribution in [3.8, 4) is 0 Å². The lowest BCUT2D eigenvalue weighted by Crippen LogP contribution is -2.43. The molecule has 0 spiro atoms. The summed E-state index contributed by atoms with van der Waals surface area (Å²) in [7, 11) is 0. The summed E-state index contributed by atoms with van der Waals surface area (Å²) in [6.45, 7) is 7.21. The lowest BCUT2D eigenvalue weighted by atomic mass is 9.95. The van der Waals surface area contributed by atoms with Crippen LogP contribution in [-0.2, 0) is 6.54 Å². The molecular formula is C19H27N7OS. The smallest absolute Gasteiger partial charge is 0.163 e. The van der Waals surface area contributed by atoms with Gasteiger partial charge in [-0.3, -0.25) is 0 Å². The molecule has 8 nitrogen and oxygen atoms in total. The van der Waals surface area contributed by atoms with E-state index in [2.05, 4.69) is 39.9 Å². The van der Waals surface area contributed by atoms with Crippen molar-refractivity contribution in [2.24, 2.45) is 5.92 Å². The van der Waals surface area contributed by atoms with Crippen molar-refractivity contribution < 1.29 is 5.11 Å². The molecule has 1 saturated heterocycles. The van der Waals surface area contributed by atoms with Crippen molar-refractivity contribution in [2.75, 3.05) is 30.3 Å². The van der Waals surface area contributed by atoms with Crippen molar-refractivity contribution in [3.05, 3.63) is 34.4 Å². The quantitative estimate of drug-likeness (QED) is 0.482. The number of anilines is 2. The largest absolute Gasteiger partial charge is 0.391 e. The molecule has 3 aromatic heterocycles. The molecular weight excluding hydrogens is 374 g/mol. The Kier molecular flexibility index (Phi) is 5.74. The molecule has 28 heavy (non-hydrogen) atoms. The first kappa shape index (κ1) is 19.1. The van der Waals surface area contributed by atoms with Gasteiger partial charge in [0.25, 0.3) is 0 Å². The molecule has 0 unspecified atom stereocenters. The van der Waals surface area contributed by atoms with Crippen LogP contribution in [0.15, 0.2) is 23.2 Å². The lowest BCUT2D eigenvalue weighted by Gasteiger charge is -2.28. The number of β-amino-alcohol motifs (C(OH)–C–C–N with tert-alkyl or cyclic N) is 1. The average molecular weight is 402 g/mol. The third-order valence-electron chi connectivity index (χ3n) is 5.19. The molecule has 1 fully saturated rings. The highest BCUT2D eigenvalue weighted by molar-refractivity contribution is 7.07. The molecule has 0 aliphatic carbocycles. The van der Waals surface area contributed by atoms with Gasteiger partial charge in [-0.1, -0.05) is 13.8 Å². The molecule has 150 valence electrons. The monoisotopic (exact) mass is 401 g/mol. The molecule has 4 rings (SSSR count). The number of hydrogen-bond acceptors (Lipinski definition) is 8. The summed E-state index contributed by atoms with van der Waals surface area (Å²) in [5.74, 6) is 2.22. The SMILES string of the molecule is CC(C)c1cnn2c(NCc3cscn3)cc(NC[C@@H]3CCNC[C@@H]3O)nc12. The zero-order chi connectivity index (χ0) is 19.5. The molecule has 3 aromatic rings. The fourth-order valence-electron chi connectivity index (χ4n) is 3.48. The van der Waals surface area contributed by atoms with Crippen molar-refractivity contribution in [3.63, 3.8) is 0 Å². The van der Waals surface area contributed by atoms with E-state index < -0.39 is 0 Å². The summed E-state index contributed by atoms with van der Waals surface area (Å²) >= 11 is 1.59. The molecule has 4 heterocycles. The lowest BCUT2D eigenvalue weighted by molar-refractivity contribution is 0.0883.